The van der Waals surface area contributed by atoms with E-state index in [4.69, 9.17) is 0 Å². The van der Waals surface area contributed by atoms with E-state index in [1.54, 1.807) is 25.1 Å². The van der Waals surface area contributed by atoms with Crippen molar-refractivity contribution in [2.24, 2.45) is 45.8 Å². The van der Waals surface area contributed by atoms with Crippen LogP contribution in [0.25, 0.3) is 5.57 Å². The summed E-state index contributed by atoms with van der Waals surface area (Å²) in [4.78, 5) is 40.8. The molecule has 8 unspecified atom stereocenters. The number of nitrogens with one attached hydrogen (secondary N) is 1. The number of fused-ring (bicyclic) bond motifs is 7. The maximum Gasteiger partial charge on any atom is 0.335 e. The molecule has 0 radical (unpaired) electrons. The molecule has 0 bridgehead atoms. The number of carboxylic acid groups (broad SMARTS) is 1. The molecule has 268 valence electrons. The predicted molar refractivity (Wildman–Crippen MR) is 196 cm³/mol. The largest absolute Gasteiger partial charge is 0.478 e. The Hall–Kier alpha value is -3.09. The molecular formula is C42H61N3O4. The lowest BCUT2D eigenvalue weighted by Gasteiger charge is -2.71. The number of carbonyl (C=O) groups is 3. The third kappa shape index (κ3) is 5.75. The highest BCUT2D eigenvalue weighted by Crippen LogP contribution is 2.75. The summed E-state index contributed by atoms with van der Waals surface area (Å²) >= 11 is 0. The molecule has 5 fully saturated rings. The number of allylic oxidation sites excluding steroid dienone is 3. The molecule has 9 atom stereocenters. The first-order chi connectivity index (χ1) is 23.2. The van der Waals surface area contributed by atoms with Crippen LogP contribution in [0, 0.1) is 45.8 Å². The normalized spacial score (nSPS) is 39.5. The van der Waals surface area contributed by atoms with Crippen molar-refractivity contribution in [2.75, 3.05) is 26.2 Å². The van der Waals surface area contributed by atoms with Crippen LogP contribution in [0.1, 0.15) is 122 Å². The van der Waals surface area contributed by atoms with Gasteiger partial charge in [-0.05, 0) is 134 Å². The van der Waals surface area contributed by atoms with Gasteiger partial charge in [-0.15, -0.1) is 6.58 Å². The molecule has 1 heterocycles. The van der Waals surface area contributed by atoms with Gasteiger partial charge in [0, 0.05) is 38.6 Å². The van der Waals surface area contributed by atoms with Crippen molar-refractivity contribution in [1.82, 2.24) is 15.1 Å². The molecule has 4 saturated carbocycles. The Morgan fingerprint density at radius 2 is 1.51 bits per heavy atom. The van der Waals surface area contributed by atoms with Gasteiger partial charge in [-0.1, -0.05) is 58.4 Å². The van der Waals surface area contributed by atoms with E-state index >= 15 is 0 Å². The van der Waals surface area contributed by atoms with Crippen LogP contribution in [-0.4, -0.2) is 64.5 Å². The molecular weight excluding hydrogens is 610 g/mol. The summed E-state index contributed by atoms with van der Waals surface area (Å²) in [7, 11) is 0. The smallest absolute Gasteiger partial charge is 0.335 e. The zero-order valence-electron chi connectivity index (χ0n) is 31.0. The topological polar surface area (TPSA) is 90.0 Å². The Balaban J connectivity index is 0.00000134. The Morgan fingerprint density at radius 1 is 0.857 bits per heavy atom. The highest BCUT2D eigenvalue weighted by molar-refractivity contribution is 5.88. The number of nitrogens with zero attached hydrogens (tertiary/aromatic N) is 2. The number of benzene rings is 1. The number of carboxylic acids is 1. The maximum absolute atomic E-state index is 13.7. The molecule has 5 aliphatic carbocycles. The Morgan fingerprint density at radius 3 is 2.14 bits per heavy atom. The molecule has 7 rings (SSSR count). The van der Waals surface area contributed by atoms with Crippen molar-refractivity contribution < 1.29 is 19.5 Å². The van der Waals surface area contributed by atoms with Crippen LogP contribution in [-0.2, 0) is 4.79 Å². The number of hydrogen-bond donors (Lipinski definition) is 2. The Kier molecular flexibility index (Phi) is 9.64. The van der Waals surface area contributed by atoms with Gasteiger partial charge in [0.1, 0.15) is 0 Å². The number of carbonyl (C=O) groups excluding carboxylic acids is 2. The van der Waals surface area contributed by atoms with E-state index < -0.39 is 5.97 Å². The molecule has 7 nitrogen and oxygen atoms in total. The average molecular weight is 672 g/mol. The van der Waals surface area contributed by atoms with Gasteiger partial charge in [0.15, 0.2) is 0 Å². The van der Waals surface area contributed by atoms with E-state index in [0.29, 0.717) is 61.3 Å². The highest BCUT2D eigenvalue weighted by Gasteiger charge is 2.68. The van der Waals surface area contributed by atoms with Gasteiger partial charge in [0.2, 0.25) is 5.91 Å². The highest BCUT2D eigenvalue weighted by atomic mass is 16.4. The van der Waals surface area contributed by atoms with Gasteiger partial charge < -0.3 is 20.2 Å². The fraction of sp³-hybridized carbons (Fsp3) is 0.690. The van der Waals surface area contributed by atoms with Gasteiger partial charge in [0.05, 0.1) is 5.56 Å². The molecule has 1 aromatic carbocycles. The van der Waals surface area contributed by atoms with Crippen molar-refractivity contribution in [3.8, 4) is 0 Å². The van der Waals surface area contributed by atoms with Crippen LogP contribution in [0.2, 0.25) is 0 Å². The van der Waals surface area contributed by atoms with Crippen LogP contribution in [0.15, 0.2) is 43.0 Å². The SMILES string of the molecule is C=CC.CC(=O)N1CCN(C(=O)NC23CCCC2C2CCC4C5(C)CC=C(c6ccc(C(=O)O)cc6)C(C)C5CCC4(C)[C@]2(C)CC3)CC1. The summed E-state index contributed by atoms with van der Waals surface area (Å²) in [5, 5.41) is 13.1. The number of hydrogen-bond acceptors (Lipinski definition) is 3. The lowest BCUT2D eigenvalue weighted by Crippen LogP contribution is -2.68. The number of piperazine rings is 1. The van der Waals surface area contributed by atoms with Gasteiger partial charge >= 0.3 is 12.0 Å². The van der Waals surface area contributed by atoms with E-state index in [1.807, 2.05) is 28.9 Å². The van der Waals surface area contributed by atoms with Crippen LogP contribution < -0.4 is 5.32 Å². The van der Waals surface area contributed by atoms with Crippen molar-refractivity contribution in [3.63, 3.8) is 0 Å². The van der Waals surface area contributed by atoms with Crippen LogP contribution in [0.3, 0.4) is 0 Å². The van der Waals surface area contributed by atoms with E-state index in [1.165, 1.54) is 56.1 Å². The minimum Gasteiger partial charge on any atom is -0.478 e. The Labute approximate surface area is 295 Å². The molecule has 0 spiro atoms. The summed E-state index contributed by atoms with van der Waals surface area (Å²) in [6.45, 7) is 19.7. The Bertz CT molecular complexity index is 1480. The second-order valence-electron chi connectivity index (χ2n) is 17.2. The first-order valence-electron chi connectivity index (χ1n) is 19.2. The monoisotopic (exact) mass is 671 g/mol. The van der Waals surface area contributed by atoms with Crippen molar-refractivity contribution in [1.29, 1.82) is 0 Å². The zero-order valence-corrected chi connectivity index (χ0v) is 31.0. The van der Waals surface area contributed by atoms with Crippen LogP contribution >= 0.6 is 0 Å². The summed E-state index contributed by atoms with van der Waals surface area (Å²) in [6.07, 6.45) is 16.2. The van der Waals surface area contributed by atoms with E-state index in [9.17, 15) is 19.5 Å². The van der Waals surface area contributed by atoms with E-state index in [-0.39, 0.29) is 33.7 Å². The number of amides is 3. The van der Waals surface area contributed by atoms with Gasteiger partial charge in [-0.3, -0.25) is 4.79 Å². The minimum atomic E-state index is -0.871. The molecule has 49 heavy (non-hydrogen) atoms. The first-order valence-corrected chi connectivity index (χ1v) is 19.2. The second kappa shape index (κ2) is 13.2. The van der Waals surface area contributed by atoms with E-state index in [2.05, 4.69) is 45.7 Å². The molecule has 0 aromatic heterocycles. The van der Waals surface area contributed by atoms with E-state index in [0.717, 1.165) is 19.3 Å². The third-order valence-corrected chi connectivity index (χ3v) is 15.4. The number of rotatable bonds is 3. The van der Waals surface area contributed by atoms with Crippen molar-refractivity contribution in [3.05, 3.63) is 54.1 Å². The standard InChI is InChI=1S/C39H55N3O4.C3H6/c1-25-29(27-8-10-28(11-9-27)34(44)45)14-17-36(3)30(25)15-18-38(5)33(36)13-12-31-32-7-6-16-39(32,20-19-37(31,38)4)40-35(46)42-23-21-41(22-24-42)26(2)43;1-3-2/h8-11,14,25,30-33H,6-7,12-13,15-24H2,1-5H3,(H,40,46)(H,44,45);3H,1H2,2H3/t25?,30?,31?,32?,33?,36?,37-,38?,39?;/m1./s1. The molecule has 1 aromatic rings. The van der Waals surface area contributed by atoms with Gasteiger partial charge in [-0.25, -0.2) is 9.59 Å². The lowest BCUT2D eigenvalue weighted by molar-refractivity contribution is -0.210. The number of aromatic carboxylic acids is 1. The zero-order chi connectivity index (χ0) is 35.4. The molecule has 6 aliphatic rings. The fourth-order valence-electron chi connectivity index (χ4n) is 12.7. The minimum absolute atomic E-state index is 0.0861. The quantitative estimate of drug-likeness (QED) is 0.315. The molecule has 1 saturated heterocycles. The predicted octanol–water partition coefficient (Wildman–Crippen LogP) is 8.66. The summed E-state index contributed by atoms with van der Waals surface area (Å²) in [5.41, 5.74) is 3.63. The fourth-order valence-corrected chi connectivity index (χ4v) is 12.7. The third-order valence-electron chi connectivity index (χ3n) is 15.4. The summed E-state index contributed by atoms with van der Waals surface area (Å²) in [6, 6.07) is 7.61. The van der Waals surface area contributed by atoms with Crippen molar-refractivity contribution in [2.45, 2.75) is 111 Å². The molecule has 3 amide bonds. The molecule has 1 aliphatic heterocycles. The van der Waals surface area contributed by atoms with Crippen LogP contribution in [0.4, 0.5) is 4.79 Å². The lowest BCUT2D eigenvalue weighted by atomic mass is 9.34. The van der Waals surface area contributed by atoms with Gasteiger partial charge in [0.25, 0.3) is 0 Å². The second-order valence-corrected chi connectivity index (χ2v) is 17.2. The average Bonchev–Trinajstić information content (AvgIpc) is 3.49. The summed E-state index contributed by atoms with van der Waals surface area (Å²) in [5.74, 6) is 2.16. The first kappa shape index (κ1) is 35.7. The van der Waals surface area contributed by atoms with Gasteiger partial charge in [-0.2, -0.15) is 0 Å². The maximum atomic E-state index is 13.7. The number of urea groups is 1. The molecule has 2 N–H and O–H groups in total. The van der Waals surface area contributed by atoms with Crippen molar-refractivity contribution >= 4 is 23.5 Å². The molecule has 7 heteroatoms. The van der Waals surface area contributed by atoms with Crippen LogP contribution in [0.5, 0.6) is 0 Å². The summed E-state index contributed by atoms with van der Waals surface area (Å²) < 4.78 is 0.